The molecule has 0 unspecified atom stereocenters. The van der Waals surface area contributed by atoms with Crippen LogP contribution in [0.25, 0.3) is 0 Å². The number of thioether (sulfide) groups is 1. The largest absolute Gasteiger partial charge is 0.403 e. The molecule has 1 aromatic heterocycles. The molecule has 0 aliphatic carbocycles. The van der Waals surface area contributed by atoms with Gasteiger partial charge in [-0.3, -0.25) is 10.1 Å². The Bertz CT molecular complexity index is 910. The van der Waals surface area contributed by atoms with E-state index in [1.807, 2.05) is 6.92 Å². The van der Waals surface area contributed by atoms with Gasteiger partial charge in [0.25, 0.3) is 9.84 Å². The van der Waals surface area contributed by atoms with Gasteiger partial charge >= 0.3 is 5.03 Å². The average molecular weight is 412 g/mol. The van der Waals surface area contributed by atoms with Gasteiger partial charge in [-0.2, -0.15) is 11.8 Å². The van der Waals surface area contributed by atoms with E-state index in [-0.39, 0.29) is 10.7 Å². The van der Waals surface area contributed by atoms with Crippen molar-refractivity contribution in [3.05, 3.63) is 69.0 Å². The minimum atomic E-state index is -4.26. The fraction of sp³-hybridized carbons (Fsp3) is 0.312. The Hall–Kier alpha value is -2.53. The van der Waals surface area contributed by atoms with Crippen LogP contribution in [0, 0.1) is 17.0 Å². The van der Waals surface area contributed by atoms with Crippen LogP contribution in [0.2, 0.25) is 0 Å². The molecule has 2 aromatic rings. The number of nitrogens with one attached hydrogen (secondary N) is 3. The Labute approximate surface area is 161 Å². The van der Waals surface area contributed by atoms with Crippen LogP contribution in [0.3, 0.4) is 0 Å². The van der Waals surface area contributed by atoms with Crippen LogP contribution in [0.1, 0.15) is 11.4 Å². The highest BCUT2D eigenvalue weighted by Crippen LogP contribution is 2.21. The first-order valence-corrected chi connectivity index (χ1v) is 10.7. The van der Waals surface area contributed by atoms with Gasteiger partial charge in [-0.25, -0.2) is 13.4 Å². The number of nitrogens with zero attached hydrogens (tertiary/aromatic N) is 2. The Balaban J connectivity index is 2.09. The molecule has 0 radical (unpaired) electrons. The molecule has 0 fully saturated rings. The number of nitro groups is 1. The molecule has 0 atom stereocenters. The number of hydrogen-bond acceptors (Lipinski definition) is 8. The number of H-pyrrole nitrogens is 1. The van der Waals surface area contributed by atoms with Gasteiger partial charge in [-0.1, -0.05) is 18.2 Å². The minimum Gasteiger partial charge on any atom is -0.369 e. The van der Waals surface area contributed by atoms with Gasteiger partial charge in [-0.05, 0) is 19.1 Å². The molecule has 0 bridgehead atoms. The van der Waals surface area contributed by atoms with Gasteiger partial charge in [-0.15, -0.1) is 0 Å². The fourth-order valence-corrected chi connectivity index (χ4v) is 4.51. The summed E-state index contributed by atoms with van der Waals surface area (Å²) in [7, 11) is -2.82. The summed E-state index contributed by atoms with van der Waals surface area (Å²) in [6, 6.07) is 7.33. The predicted octanol–water partition coefficient (Wildman–Crippen LogP) is 1.64. The summed E-state index contributed by atoms with van der Waals surface area (Å²) >= 11 is 1.59. The molecule has 1 aromatic carbocycles. The van der Waals surface area contributed by atoms with E-state index in [2.05, 4.69) is 20.6 Å². The number of imidazole rings is 1. The fourth-order valence-electron chi connectivity index (χ4n) is 2.26. The molecule has 0 amide bonds. The molecule has 9 nitrogen and oxygen atoms in total. The van der Waals surface area contributed by atoms with E-state index in [0.717, 1.165) is 11.4 Å². The molecule has 27 heavy (non-hydrogen) atoms. The lowest BCUT2D eigenvalue weighted by Gasteiger charge is -2.11. The van der Waals surface area contributed by atoms with Crippen molar-refractivity contribution in [3.63, 3.8) is 0 Å². The molecule has 0 aliphatic heterocycles. The lowest BCUT2D eigenvalue weighted by molar-refractivity contribution is -0.413. The Morgan fingerprint density at radius 3 is 2.59 bits per heavy atom. The van der Waals surface area contributed by atoms with Crippen molar-refractivity contribution in [3.8, 4) is 0 Å². The molecule has 0 spiro atoms. The molecule has 3 N–H and O–H groups in total. The molecular weight excluding hydrogens is 390 g/mol. The van der Waals surface area contributed by atoms with Crippen LogP contribution in [0.15, 0.2) is 52.4 Å². The van der Waals surface area contributed by atoms with Gasteiger partial charge < -0.3 is 15.6 Å². The zero-order valence-electron chi connectivity index (χ0n) is 14.9. The summed E-state index contributed by atoms with van der Waals surface area (Å²) in [5.74, 6) is 1.17. The number of aryl methyl sites for hydroxylation is 1. The maximum atomic E-state index is 12.7. The van der Waals surface area contributed by atoms with Crippen LogP contribution >= 0.6 is 11.8 Å². The van der Waals surface area contributed by atoms with E-state index in [1.165, 1.54) is 31.3 Å². The van der Waals surface area contributed by atoms with Gasteiger partial charge in [0.15, 0.2) is 5.82 Å². The Morgan fingerprint density at radius 1 is 1.33 bits per heavy atom. The first-order chi connectivity index (χ1) is 12.9. The molecule has 0 saturated heterocycles. The minimum absolute atomic E-state index is 0.130. The smallest absolute Gasteiger partial charge is 0.369 e. The molecule has 2 rings (SSSR count). The first kappa shape index (κ1) is 20.8. The van der Waals surface area contributed by atoms with Crippen molar-refractivity contribution < 1.29 is 13.3 Å². The van der Waals surface area contributed by atoms with Crippen molar-refractivity contribution in [2.75, 3.05) is 19.3 Å². The second-order valence-electron chi connectivity index (χ2n) is 5.46. The second kappa shape index (κ2) is 9.42. The highest BCUT2D eigenvalue weighted by molar-refractivity contribution is 7.98. The summed E-state index contributed by atoms with van der Waals surface area (Å²) in [6.07, 6.45) is 1.63. The normalized spacial score (nSPS) is 12.4. The highest BCUT2D eigenvalue weighted by atomic mass is 32.2. The van der Waals surface area contributed by atoms with Crippen LogP contribution < -0.4 is 10.6 Å². The van der Waals surface area contributed by atoms with Crippen molar-refractivity contribution in [1.29, 1.82) is 0 Å². The van der Waals surface area contributed by atoms with Gasteiger partial charge in [0, 0.05) is 30.8 Å². The summed E-state index contributed by atoms with van der Waals surface area (Å²) in [4.78, 5) is 17.6. The third-order valence-electron chi connectivity index (χ3n) is 3.66. The predicted molar refractivity (Wildman–Crippen MR) is 104 cm³/mol. The highest BCUT2D eigenvalue weighted by Gasteiger charge is 2.35. The number of rotatable bonds is 10. The van der Waals surface area contributed by atoms with Crippen LogP contribution in [-0.4, -0.2) is 42.7 Å². The number of aromatic amines is 1. The third-order valence-corrected chi connectivity index (χ3v) is 6.38. The van der Waals surface area contributed by atoms with E-state index in [0.29, 0.717) is 18.1 Å². The van der Waals surface area contributed by atoms with Crippen molar-refractivity contribution >= 4 is 21.6 Å². The Kier molecular flexibility index (Phi) is 7.25. The number of aromatic nitrogens is 2. The lowest BCUT2D eigenvalue weighted by atomic mass is 10.4. The van der Waals surface area contributed by atoms with Gasteiger partial charge in [0.2, 0.25) is 0 Å². The standard InChI is InChI=1S/C16H21N5O4S2/c1-12-14(20-11-19-12)10-26-9-8-18-15(17-2)16(21(22)23)27(24,25)13-6-4-3-5-7-13/h3-7,11,17-18H,8-10H2,1-2H3,(H,19,20). The number of hydrogen-bond donors (Lipinski definition) is 3. The molecule has 0 aliphatic rings. The average Bonchev–Trinajstić information content (AvgIpc) is 3.05. The van der Waals surface area contributed by atoms with Crippen molar-refractivity contribution in [2.45, 2.75) is 17.6 Å². The SMILES string of the molecule is CNC(NCCSCc1nc[nH]c1C)=C([N+](=O)[O-])S(=O)(=O)c1ccccc1. The number of sulfone groups is 1. The van der Waals surface area contributed by atoms with Gasteiger partial charge in [0.05, 0.1) is 21.8 Å². The quantitative estimate of drug-likeness (QED) is 0.306. The summed E-state index contributed by atoms with van der Waals surface area (Å²) < 4.78 is 25.3. The van der Waals surface area contributed by atoms with E-state index < -0.39 is 19.8 Å². The van der Waals surface area contributed by atoms with Crippen LogP contribution in [-0.2, 0) is 15.6 Å². The molecular formula is C16H21N5O4S2. The molecule has 11 heteroatoms. The maximum Gasteiger partial charge on any atom is 0.403 e. The molecule has 146 valence electrons. The summed E-state index contributed by atoms with van der Waals surface area (Å²) in [6.45, 7) is 2.28. The Morgan fingerprint density at radius 2 is 2.04 bits per heavy atom. The zero-order chi connectivity index (χ0) is 19.9. The number of benzene rings is 1. The van der Waals surface area contributed by atoms with Gasteiger partial charge in [0.1, 0.15) is 0 Å². The monoisotopic (exact) mass is 411 g/mol. The van der Waals surface area contributed by atoms with Crippen molar-refractivity contribution in [2.24, 2.45) is 0 Å². The topological polar surface area (TPSA) is 130 Å². The van der Waals surface area contributed by atoms with Crippen LogP contribution in [0.5, 0.6) is 0 Å². The molecule has 0 saturated carbocycles. The van der Waals surface area contributed by atoms with E-state index in [1.54, 1.807) is 24.2 Å². The lowest BCUT2D eigenvalue weighted by Crippen LogP contribution is -2.31. The maximum absolute atomic E-state index is 12.7. The summed E-state index contributed by atoms with van der Waals surface area (Å²) in [5, 5.41) is 16.0. The first-order valence-electron chi connectivity index (χ1n) is 8.05. The van der Waals surface area contributed by atoms with E-state index in [4.69, 9.17) is 0 Å². The van der Waals surface area contributed by atoms with E-state index >= 15 is 0 Å². The zero-order valence-corrected chi connectivity index (χ0v) is 16.6. The molecule has 1 heterocycles. The second-order valence-corrected chi connectivity index (χ2v) is 8.43. The third kappa shape index (κ3) is 5.23. The van der Waals surface area contributed by atoms with Crippen LogP contribution in [0.4, 0.5) is 0 Å². The van der Waals surface area contributed by atoms with Crippen molar-refractivity contribution in [1.82, 2.24) is 20.6 Å². The van der Waals surface area contributed by atoms with E-state index in [9.17, 15) is 18.5 Å². The summed E-state index contributed by atoms with van der Waals surface area (Å²) in [5.41, 5.74) is 1.94.